The predicted octanol–water partition coefficient (Wildman–Crippen LogP) is 4.76. The molecule has 0 aliphatic heterocycles. The van der Waals surface area contributed by atoms with Gasteiger partial charge >= 0.3 is 0 Å². The smallest absolute Gasteiger partial charge is 0.220 e. The van der Waals surface area contributed by atoms with Gasteiger partial charge in [-0.15, -0.1) is 0 Å². The quantitative estimate of drug-likeness (QED) is 0.573. The number of hydrogen-bond acceptors (Lipinski definition) is 5. The Bertz CT molecular complexity index is 878. The molecule has 1 N–H and O–H groups in total. The largest absolute Gasteiger partial charge is 0.493 e. The van der Waals surface area contributed by atoms with Gasteiger partial charge in [0, 0.05) is 41.5 Å². The fraction of sp³-hybridized carbons (Fsp3) is 0.440. The summed E-state index contributed by atoms with van der Waals surface area (Å²) in [7, 11) is 0. The molecule has 0 heterocycles. The van der Waals surface area contributed by atoms with Gasteiger partial charge in [-0.2, -0.15) is 0 Å². The molecule has 0 bridgehead atoms. The summed E-state index contributed by atoms with van der Waals surface area (Å²) in [6.45, 7) is 8.39. The second-order valence-corrected chi connectivity index (χ2v) is 7.72. The van der Waals surface area contributed by atoms with Crippen molar-refractivity contribution >= 4 is 17.3 Å². The molecule has 0 radical (unpaired) electrons. The Labute approximate surface area is 178 Å². The van der Waals surface area contributed by atoms with Crippen LogP contribution in [-0.4, -0.2) is 36.4 Å². The Kier molecular flexibility index (Phi) is 6.93. The topological polar surface area (TPSA) is 66.8 Å². The fourth-order valence-corrected chi connectivity index (χ4v) is 3.97. The second-order valence-electron chi connectivity index (χ2n) is 7.72. The zero-order chi connectivity index (χ0) is 21.7. The molecule has 0 amide bonds. The molecule has 0 spiro atoms. The summed E-state index contributed by atoms with van der Waals surface area (Å²) < 4.78 is 5.82. The maximum Gasteiger partial charge on any atom is 0.220 e. The molecule has 30 heavy (non-hydrogen) atoms. The Hall–Kier alpha value is -2.66. The van der Waals surface area contributed by atoms with Gasteiger partial charge in [0.25, 0.3) is 0 Å². The number of carbonyl (C=O) groups is 2. The van der Waals surface area contributed by atoms with Crippen LogP contribution in [0.1, 0.15) is 72.7 Å². The molecule has 5 heteroatoms. The lowest BCUT2D eigenvalue weighted by molar-refractivity contribution is 0.0311. The van der Waals surface area contributed by atoms with E-state index >= 15 is 0 Å². The van der Waals surface area contributed by atoms with E-state index in [9.17, 15) is 14.7 Å². The van der Waals surface area contributed by atoms with Crippen LogP contribution in [0, 0.1) is 0 Å². The zero-order valence-electron chi connectivity index (χ0n) is 18.1. The summed E-state index contributed by atoms with van der Waals surface area (Å²) in [4.78, 5) is 28.4. The third-order valence-corrected chi connectivity index (χ3v) is 5.66. The Morgan fingerprint density at radius 2 is 1.47 bits per heavy atom. The summed E-state index contributed by atoms with van der Waals surface area (Å²) in [5.41, 5.74) is -0.550. The van der Waals surface area contributed by atoms with Gasteiger partial charge in [0.05, 0.1) is 6.61 Å². The number of anilines is 1. The number of aliphatic hydroxyl groups is 1. The van der Waals surface area contributed by atoms with Gasteiger partial charge in [0.2, 0.25) is 17.2 Å². The molecule has 0 saturated carbocycles. The molecule has 0 aromatic heterocycles. The van der Waals surface area contributed by atoms with Crippen LogP contribution in [0.4, 0.5) is 5.69 Å². The summed E-state index contributed by atoms with van der Waals surface area (Å²) in [6.07, 6.45) is 4.34. The summed E-state index contributed by atoms with van der Waals surface area (Å²) in [5.74, 6) is -0.804. The number of unbranched alkanes of at least 4 members (excludes halogenated alkanes) is 2. The van der Waals surface area contributed by atoms with E-state index < -0.39 is 17.2 Å². The molecule has 0 unspecified atom stereocenters. The van der Waals surface area contributed by atoms with E-state index in [1.165, 1.54) is 0 Å². The van der Waals surface area contributed by atoms with Gasteiger partial charge < -0.3 is 14.7 Å². The first-order valence-corrected chi connectivity index (χ1v) is 10.9. The van der Waals surface area contributed by atoms with Crippen molar-refractivity contribution in [2.24, 2.45) is 0 Å². The van der Waals surface area contributed by atoms with Crippen molar-refractivity contribution in [2.45, 2.75) is 52.1 Å². The minimum atomic E-state index is -2.25. The van der Waals surface area contributed by atoms with Gasteiger partial charge in [0.1, 0.15) is 5.75 Å². The third kappa shape index (κ3) is 3.86. The van der Waals surface area contributed by atoms with Crippen LogP contribution in [0.5, 0.6) is 5.75 Å². The van der Waals surface area contributed by atoms with Crippen molar-refractivity contribution in [1.82, 2.24) is 0 Å². The van der Waals surface area contributed by atoms with Gasteiger partial charge in [-0.3, -0.25) is 9.59 Å². The van der Waals surface area contributed by atoms with Crippen molar-refractivity contribution in [3.05, 3.63) is 59.2 Å². The molecular weight excluding hydrogens is 378 g/mol. The average Bonchev–Trinajstić information content (AvgIpc) is 2.96. The number of carbonyl (C=O) groups excluding carboxylic acids is 2. The molecule has 0 fully saturated rings. The number of fused-ring (bicyclic) bond motifs is 1. The Morgan fingerprint density at radius 1 is 0.900 bits per heavy atom. The SMILES string of the molecule is CCCCN(CCCC)c1ccc(C2(O)C(=O)c3ccccc3C2=O)c(OCC)c1. The molecule has 2 aromatic rings. The minimum absolute atomic E-state index is 0.213. The molecule has 1 aliphatic rings. The first-order chi connectivity index (χ1) is 14.5. The van der Waals surface area contributed by atoms with Gasteiger partial charge in [-0.25, -0.2) is 0 Å². The molecule has 1 aliphatic carbocycles. The van der Waals surface area contributed by atoms with Gasteiger partial charge in [-0.05, 0) is 31.9 Å². The number of rotatable bonds is 10. The standard InChI is InChI=1S/C25H31NO4/c1-4-7-15-26(16-8-5-2)18-13-14-21(22(17-18)30-6-3)25(29)23(27)19-11-9-10-12-20(19)24(25)28/h9-14,17,29H,4-8,15-16H2,1-3H3. The van der Waals surface area contributed by atoms with E-state index in [0.29, 0.717) is 12.4 Å². The molecule has 0 atom stereocenters. The second kappa shape index (κ2) is 9.43. The van der Waals surface area contributed by atoms with E-state index in [1.807, 2.05) is 19.1 Å². The first kappa shape index (κ1) is 22.0. The number of nitrogens with zero attached hydrogens (tertiary/aromatic N) is 1. The lowest BCUT2D eigenvalue weighted by Crippen LogP contribution is -2.38. The Morgan fingerprint density at radius 3 is 1.97 bits per heavy atom. The molecule has 3 rings (SSSR count). The van der Waals surface area contributed by atoms with Gasteiger partial charge in [0.15, 0.2) is 0 Å². The van der Waals surface area contributed by atoms with Crippen LogP contribution < -0.4 is 9.64 Å². The van der Waals surface area contributed by atoms with Crippen molar-refractivity contribution in [2.75, 3.05) is 24.6 Å². The molecule has 0 saturated heterocycles. The van der Waals surface area contributed by atoms with Crippen LogP contribution in [-0.2, 0) is 5.60 Å². The number of benzene rings is 2. The number of Topliss-reactive ketones (excluding diaryl/α,β-unsaturated/α-hetero) is 2. The highest BCUT2D eigenvalue weighted by Crippen LogP contribution is 2.42. The summed E-state index contributed by atoms with van der Waals surface area (Å²) in [5, 5.41) is 11.3. The van der Waals surface area contributed by atoms with Crippen molar-refractivity contribution < 1.29 is 19.4 Å². The zero-order valence-corrected chi connectivity index (χ0v) is 18.1. The van der Waals surface area contributed by atoms with Crippen LogP contribution in [0.2, 0.25) is 0 Å². The molecule has 5 nitrogen and oxygen atoms in total. The van der Waals surface area contributed by atoms with Crippen molar-refractivity contribution in [3.8, 4) is 5.75 Å². The number of hydrogen-bond donors (Lipinski definition) is 1. The average molecular weight is 410 g/mol. The van der Waals surface area contributed by atoms with Gasteiger partial charge in [-0.1, -0.05) is 51.0 Å². The molecule has 2 aromatic carbocycles. The van der Waals surface area contributed by atoms with Crippen LogP contribution >= 0.6 is 0 Å². The highest BCUT2D eigenvalue weighted by Gasteiger charge is 2.54. The first-order valence-electron chi connectivity index (χ1n) is 10.9. The highest BCUT2D eigenvalue weighted by molar-refractivity contribution is 6.32. The van der Waals surface area contributed by atoms with Crippen molar-refractivity contribution in [1.29, 1.82) is 0 Å². The third-order valence-electron chi connectivity index (χ3n) is 5.66. The lowest BCUT2D eigenvalue weighted by Gasteiger charge is -2.28. The number of ether oxygens (including phenoxy) is 1. The minimum Gasteiger partial charge on any atom is -0.493 e. The van der Waals surface area contributed by atoms with E-state index in [2.05, 4.69) is 18.7 Å². The van der Waals surface area contributed by atoms with Crippen LogP contribution in [0.15, 0.2) is 42.5 Å². The van der Waals surface area contributed by atoms with E-state index in [4.69, 9.17) is 4.74 Å². The van der Waals surface area contributed by atoms with Crippen LogP contribution in [0.25, 0.3) is 0 Å². The Balaban J connectivity index is 2.04. The van der Waals surface area contributed by atoms with Crippen molar-refractivity contribution in [3.63, 3.8) is 0 Å². The van der Waals surface area contributed by atoms with Crippen LogP contribution in [0.3, 0.4) is 0 Å². The van der Waals surface area contributed by atoms with E-state index in [1.54, 1.807) is 30.3 Å². The summed E-state index contributed by atoms with van der Waals surface area (Å²) in [6, 6.07) is 12.0. The normalized spacial score (nSPS) is 14.7. The predicted molar refractivity (Wildman–Crippen MR) is 119 cm³/mol. The maximum absolute atomic E-state index is 13.1. The van der Waals surface area contributed by atoms with E-state index in [-0.39, 0.29) is 16.7 Å². The van der Waals surface area contributed by atoms with E-state index in [0.717, 1.165) is 44.5 Å². The lowest BCUT2D eigenvalue weighted by atomic mass is 9.87. The maximum atomic E-state index is 13.1. The fourth-order valence-electron chi connectivity index (χ4n) is 3.97. The highest BCUT2D eigenvalue weighted by atomic mass is 16.5. The monoisotopic (exact) mass is 409 g/mol. The summed E-state index contributed by atoms with van der Waals surface area (Å²) >= 11 is 0. The molecule has 160 valence electrons. The molecular formula is C25H31NO4. The number of ketones is 2.